The first kappa shape index (κ1) is 14.0. The summed E-state index contributed by atoms with van der Waals surface area (Å²) < 4.78 is 0.919. The van der Waals surface area contributed by atoms with Gasteiger partial charge in [0.15, 0.2) is 0 Å². The standard InChI is InChI=1S/C14H14N4OS2/c1-2-8-5-17-11(20-8)7-18-14(19)13-12(15)9-3-4-16-6-10(9)21-13/h3-6H,2,7,15H2,1H3,(H,18,19). The lowest BCUT2D eigenvalue weighted by Gasteiger charge is -2.01. The fourth-order valence-electron chi connectivity index (χ4n) is 1.97. The van der Waals surface area contributed by atoms with E-state index in [-0.39, 0.29) is 5.91 Å². The smallest absolute Gasteiger partial charge is 0.263 e. The number of anilines is 1. The predicted octanol–water partition coefficient (Wildman–Crippen LogP) is 2.83. The van der Waals surface area contributed by atoms with E-state index in [9.17, 15) is 4.79 Å². The Hall–Kier alpha value is -1.99. The molecule has 21 heavy (non-hydrogen) atoms. The van der Waals surface area contributed by atoms with E-state index in [1.807, 2.05) is 12.3 Å². The van der Waals surface area contributed by atoms with Crippen LogP contribution in [0.3, 0.4) is 0 Å². The zero-order chi connectivity index (χ0) is 14.8. The second-order valence-corrected chi connectivity index (χ2v) is 6.73. The summed E-state index contributed by atoms with van der Waals surface area (Å²) in [5.41, 5.74) is 6.56. The number of nitrogens with zero attached hydrogens (tertiary/aromatic N) is 2. The van der Waals surface area contributed by atoms with Gasteiger partial charge < -0.3 is 11.1 Å². The Labute approximate surface area is 129 Å². The molecule has 3 N–H and O–H groups in total. The third-order valence-electron chi connectivity index (χ3n) is 3.09. The van der Waals surface area contributed by atoms with Crippen LogP contribution in [-0.2, 0) is 13.0 Å². The second-order valence-electron chi connectivity index (χ2n) is 4.47. The van der Waals surface area contributed by atoms with Crippen molar-refractivity contribution in [1.29, 1.82) is 0 Å². The summed E-state index contributed by atoms with van der Waals surface area (Å²) in [6.07, 6.45) is 6.21. The van der Waals surface area contributed by atoms with E-state index in [0.717, 1.165) is 21.5 Å². The molecule has 3 rings (SSSR count). The van der Waals surface area contributed by atoms with Gasteiger partial charge in [0.25, 0.3) is 5.91 Å². The minimum atomic E-state index is -0.165. The van der Waals surface area contributed by atoms with Crippen molar-refractivity contribution in [2.75, 3.05) is 5.73 Å². The summed E-state index contributed by atoms with van der Waals surface area (Å²) >= 11 is 2.98. The van der Waals surface area contributed by atoms with E-state index in [1.165, 1.54) is 16.2 Å². The number of thiazole rings is 1. The monoisotopic (exact) mass is 318 g/mol. The van der Waals surface area contributed by atoms with E-state index in [4.69, 9.17) is 5.73 Å². The largest absolute Gasteiger partial charge is 0.397 e. The summed E-state index contributed by atoms with van der Waals surface area (Å²) in [5.74, 6) is -0.165. The normalized spacial score (nSPS) is 10.9. The Bertz CT molecular complexity index is 793. The minimum absolute atomic E-state index is 0.165. The maximum atomic E-state index is 12.3. The summed E-state index contributed by atoms with van der Waals surface area (Å²) in [6, 6.07) is 1.83. The van der Waals surface area contributed by atoms with Gasteiger partial charge in [-0.05, 0) is 12.5 Å². The molecule has 3 aromatic rings. The molecule has 0 bridgehead atoms. The molecule has 1 amide bonds. The van der Waals surface area contributed by atoms with E-state index in [2.05, 4.69) is 22.2 Å². The lowest BCUT2D eigenvalue weighted by Crippen LogP contribution is -2.22. The van der Waals surface area contributed by atoms with Crippen LogP contribution in [0.4, 0.5) is 5.69 Å². The minimum Gasteiger partial charge on any atom is -0.397 e. The second kappa shape index (κ2) is 5.79. The van der Waals surface area contributed by atoms with Gasteiger partial charge in [-0.3, -0.25) is 9.78 Å². The number of fused-ring (bicyclic) bond motifs is 1. The van der Waals surface area contributed by atoms with Crippen molar-refractivity contribution in [3.8, 4) is 0 Å². The van der Waals surface area contributed by atoms with Gasteiger partial charge in [0.1, 0.15) is 9.88 Å². The first-order valence-corrected chi connectivity index (χ1v) is 8.16. The van der Waals surface area contributed by atoms with Crippen molar-refractivity contribution in [3.05, 3.63) is 39.4 Å². The van der Waals surface area contributed by atoms with Crippen LogP contribution in [0.5, 0.6) is 0 Å². The fraction of sp³-hybridized carbons (Fsp3) is 0.214. The molecule has 0 aromatic carbocycles. The fourth-order valence-corrected chi connectivity index (χ4v) is 3.78. The number of carbonyl (C=O) groups excluding carboxylic acids is 1. The van der Waals surface area contributed by atoms with Gasteiger partial charge in [-0.1, -0.05) is 6.92 Å². The van der Waals surface area contributed by atoms with Gasteiger partial charge in [-0.15, -0.1) is 22.7 Å². The quantitative estimate of drug-likeness (QED) is 0.775. The summed E-state index contributed by atoms with van der Waals surface area (Å²) in [6.45, 7) is 2.51. The number of aromatic nitrogens is 2. The Morgan fingerprint density at radius 1 is 1.38 bits per heavy atom. The molecule has 0 aliphatic rings. The van der Waals surface area contributed by atoms with Gasteiger partial charge in [-0.2, -0.15) is 0 Å². The summed E-state index contributed by atoms with van der Waals surface area (Å²) in [5, 5.41) is 4.66. The molecule has 0 fully saturated rings. The predicted molar refractivity (Wildman–Crippen MR) is 86.7 cm³/mol. The first-order chi connectivity index (χ1) is 10.2. The van der Waals surface area contributed by atoms with Crippen LogP contribution in [-0.4, -0.2) is 15.9 Å². The third kappa shape index (κ3) is 2.74. The van der Waals surface area contributed by atoms with Crippen LogP contribution < -0.4 is 11.1 Å². The van der Waals surface area contributed by atoms with E-state index < -0.39 is 0 Å². The highest BCUT2D eigenvalue weighted by atomic mass is 32.1. The number of amides is 1. The Morgan fingerprint density at radius 3 is 2.95 bits per heavy atom. The number of rotatable bonds is 4. The van der Waals surface area contributed by atoms with Crippen molar-refractivity contribution in [3.63, 3.8) is 0 Å². The molecule has 0 atom stereocenters. The number of pyridine rings is 1. The highest BCUT2D eigenvalue weighted by Crippen LogP contribution is 2.32. The molecule has 5 nitrogen and oxygen atoms in total. The molecule has 0 radical (unpaired) electrons. The average molecular weight is 318 g/mol. The molecule has 0 saturated carbocycles. The van der Waals surface area contributed by atoms with Gasteiger partial charge >= 0.3 is 0 Å². The maximum Gasteiger partial charge on any atom is 0.263 e. The first-order valence-electron chi connectivity index (χ1n) is 6.52. The van der Waals surface area contributed by atoms with Crippen LogP contribution in [0.1, 0.15) is 26.5 Å². The van der Waals surface area contributed by atoms with Crippen molar-refractivity contribution < 1.29 is 4.79 Å². The van der Waals surface area contributed by atoms with Crippen molar-refractivity contribution >= 4 is 44.4 Å². The molecule has 0 unspecified atom stereocenters. The summed E-state index contributed by atoms with van der Waals surface area (Å²) in [7, 11) is 0. The number of nitrogen functional groups attached to an aromatic ring is 1. The maximum absolute atomic E-state index is 12.3. The van der Waals surface area contributed by atoms with Crippen molar-refractivity contribution in [2.24, 2.45) is 0 Å². The molecular weight excluding hydrogens is 304 g/mol. The molecule has 7 heteroatoms. The number of hydrogen-bond acceptors (Lipinski definition) is 6. The molecule has 3 heterocycles. The van der Waals surface area contributed by atoms with E-state index >= 15 is 0 Å². The van der Waals surface area contributed by atoms with Crippen LogP contribution in [0.15, 0.2) is 24.7 Å². The Balaban J connectivity index is 1.76. The highest BCUT2D eigenvalue weighted by molar-refractivity contribution is 7.21. The number of aryl methyl sites for hydroxylation is 1. The average Bonchev–Trinajstić information content (AvgIpc) is 3.10. The van der Waals surface area contributed by atoms with Crippen LogP contribution in [0.2, 0.25) is 0 Å². The molecular formula is C14H14N4OS2. The van der Waals surface area contributed by atoms with Crippen LogP contribution in [0.25, 0.3) is 10.1 Å². The SMILES string of the molecule is CCc1cnc(CNC(=O)c2sc3cnccc3c2N)s1. The Kier molecular flexibility index (Phi) is 3.85. The van der Waals surface area contributed by atoms with Gasteiger partial charge in [0, 0.05) is 28.9 Å². The van der Waals surface area contributed by atoms with Gasteiger partial charge in [0.05, 0.1) is 16.9 Å². The number of hydrogen-bond donors (Lipinski definition) is 2. The lowest BCUT2D eigenvalue weighted by molar-refractivity contribution is 0.0956. The molecule has 0 spiro atoms. The summed E-state index contributed by atoms with van der Waals surface area (Å²) in [4.78, 5) is 22.3. The van der Waals surface area contributed by atoms with Crippen molar-refractivity contribution in [1.82, 2.24) is 15.3 Å². The van der Waals surface area contributed by atoms with E-state index in [1.54, 1.807) is 23.7 Å². The molecule has 0 saturated heterocycles. The highest BCUT2D eigenvalue weighted by Gasteiger charge is 2.16. The molecule has 3 aromatic heterocycles. The zero-order valence-corrected chi connectivity index (χ0v) is 13.1. The number of nitrogens with one attached hydrogen (secondary N) is 1. The third-order valence-corrected chi connectivity index (χ3v) is 5.38. The van der Waals surface area contributed by atoms with E-state index in [0.29, 0.717) is 17.1 Å². The Morgan fingerprint density at radius 2 is 2.24 bits per heavy atom. The van der Waals surface area contributed by atoms with Crippen molar-refractivity contribution in [2.45, 2.75) is 19.9 Å². The van der Waals surface area contributed by atoms with Gasteiger partial charge in [-0.25, -0.2) is 4.98 Å². The topological polar surface area (TPSA) is 80.9 Å². The van der Waals surface area contributed by atoms with Gasteiger partial charge in [0.2, 0.25) is 0 Å². The zero-order valence-electron chi connectivity index (χ0n) is 11.4. The number of nitrogens with two attached hydrogens (primary N) is 1. The number of carbonyl (C=O) groups is 1. The molecule has 108 valence electrons. The van der Waals surface area contributed by atoms with Crippen LogP contribution >= 0.6 is 22.7 Å². The lowest BCUT2D eigenvalue weighted by atomic mass is 10.2. The molecule has 0 aliphatic carbocycles. The molecule has 0 aliphatic heterocycles. The van der Waals surface area contributed by atoms with Crippen LogP contribution in [0, 0.1) is 0 Å². The number of thiophene rings is 1.